The van der Waals surface area contributed by atoms with E-state index in [9.17, 15) is 14.4 Å². The highest BCUT2D eigenvalue weighted by atomic mass is 35.5. The molecule has 0 atom stereocenters. The van der Waals surface area contributed by atoms with Gasteiger partial charge in [-0.25, -0.2) is 4.79 Å². The van der Waals surface area contributed by atoms with Crippen LogP contribution in [-0.4, -0.2) is 24.4 Å². The van der Waals surface area contributed by atoms with E-state index in [0.29, 0.717) is 10.7 Å². The van der Waals surface area contributed by atoms with Crippen LogP contribution in [0.15, 0.2) is 65.3 Å². The Bertz CT molecular complexity index is 1050. The van der Waals surface area contributed by atoms with Gasteiger partial charge < -0.3 is 19.8 Å². The number of aryl methyl sites for hydroxylation is 1. The van der Waals surface area contributed by atoms with Gasteiger partial charge in [0, 0.05) is 10.7 Å². The first kappa shape index (κ1) is 20.2. The Labute approximate surface area is 171 Å². The predicted octanol–water partition coefficient (Wildman–Crippen LogP) is 4.29. The summed E-state index contributed by atoms with van der Waals surface area (Å²) in [4.78, 5) is 36.7. The zero-order chi connectivity index (χ0) is 20.8. The molecule has 1 heterocycles. The number of ether oxygens (including phenoxy) is 1. The summed E-state index contributed by atoms with van der Waals surface area (Å²) in [5.41, 5.74) is 1.70. The molecule has 0 saturated heterocycles. The number of hydrogen-bond acceptors (Lipinski definition) is 5. The zero-order valence-corrected chi connectivity index (χ0v) is 16.2. The molecular formula is C21H17ClN2O5. The Morgan fingerprint density at radius 1 is 1.00 bits per heavy atom. The normalized spacial score (nSPS) is 10.3. The number of anilines is 2. The number of carbonyl (C=O) groups is 3. The van der Waals surface area contributed by atoms with E-state index in [1.54, 1.807) is 42.5 Å². The van der Waals surface area contributed by atoms with E-state index in [2.05, 4.69) is 10.6 Å². The molecule has 8 heteroatoms. The molecule has 0 saturated carbocycles. The van der Waals surface area contributed by atoms with Crippen molar-refractivity contribution in [3.63, 3.8) is 0 Å². The van der Waals surface area contributed by atoms with Crippen LogP contribution in [0.5, 0.6) is 0 Å². The molecule has 0 unspecified atom stereocenters. The summed E-state index contributed by atoms with van der Waals surface area (Å²) in [7, 11) is 0. The van der Waals surface area contributed by atoms with Crippen LogP contribution in [0.3, 0.4) is 0 Å². The van der Waals surface area contributed by atoms with E-state index in [0.717, 1.165) is 5.56 Å². The summed E-state index contributed by atoms with van der Waals surface area (Å²) >= 11 is 5.93. The van der Waals surface area contributed by atoms with Gasteiger partial charge in [0.1, 0.15) is 0 Å². The van der Waals surface area contributed by atoms with E-state index in [4.69, 9.17) is 20.8 Å². The SMILES string of the molecule is Cc1ccc(Cl)cc1NC(=O)COC(=O)c1ccccc1NC(=O)c1ccco1. The smallest absolute Gasteiger partial charge is 0.340 e. The van der Waals surface area contributed by atoms with Crippen molar-refractivity contribution in [1.82, 2.24) is 0 Å². The third kappa shape index (κ3) is 5.24. The lowest BCUT2D eigenvalue weighted by molar-refractivity contribution is -0.119. The van der Waals surface area contributed by atoms with Crippen molar-refractivity contribution >= 4 is 40.8 Å². The Balaban J connectivity index is 1.63. The first-order valence-electron chi connectivity index (χ1n) is 8.61. The number of para-hydroxylation sites is 1. The number of rotatable bonds is 6. The van der Waals surface area contributed by atoms with Crippen LogP contribution in [0.1, 0.15) is 26.5 Å². The van der Waals surface area contributed by atoms with E-state index < -0.39 is 24.4 Å². The van der Waals surface area contributed by atoms with Crippen LogP contribution in [0, 0.1) is 6.92 Å². The van der Waals surface area contributed by atoms with Crippen LogP contribution < -0.4 is 10.6 Å². The van der Waals surface area contributed by atoms with Crippen molar-refractivity contribution in [2.75, 3.05) is 17.2 Å². The fourth-order valence-electron chi connectivity index (χ4n) is 2.49. The van der Waals surface area contributed by atoms with Crippen molar-refractivity contribution in [2.45, 2.75) is 6.92 Å². The van der Waals surface area contributed by atoms with Crippen LogP contribution in [0.4, 0.5) is 11.4 Å². The summed E-state index contributed by atoms with van der Waals surface area (Å²) < 4.78 is 10.1. The number of carbonyl (C=O) groups excluding carboxylic acids is 3. The highest BCUT2D eigenvalue weighted by Crippen LogP contribution is 2.20. The van der Waals surface area contributed by atoms with Crippen LogP contribution in [-0.2, 0) is 9.53 Å². The Hall–Kier alpha value is -3.58. The van der Waals surface area contributed by atoms with Gasteiger partial charge in [0.25, 0.3) is 11.8 Å². The minimum atomic E-state index is -0.752. The molecule has 3 aromatic rings. The lowest BCUT2D eigenvalue weighted by Gasteiger charge is -2.11. The second-order valence-corrected chi connectivity index (χ2v) is 6.50. The number of furan rings is 1. The van der Waals surface area contributed by atoms with Crippen LogP contribution >= 0.6 is 11.6 Å². The molecular weight excluding hydrogens is 396 g/mol. The van der Waals surface area contributed by atoms with Crippen molar-refractivity contribution in [2.24, 2.45) is 0 Å². The van der Waals surface area contributed by atoms with Gasteiger partial charge in [-0.2, -0.15) is 0 Å². The molecule has 2 amide bonds. The standard InChI is InChI=1S/C21H17ClN2O5/c1-13-8-9-14(22)11-17(13)23-19(25)12-29-21(27)15-5-2-3-6-16(15)24-20(26)18-7-4-10-28-18/h2-11H,12H2,1H3,(H,23,25)(H,24,26). The summed E-state index contributed by atoms with van der Waals surface area (Å²) in [6.45, 7) is 1.32. The van der Waals surface area contributed by atoms with Crippen LogP contribution in [0.25, 0.3) is 0 Å². The van der Waals surface area contributed by atoms with E-state index in [1.165, 1.54) is 18.4 Å². The second kappa shape index (κ2) is 9.07. The van der Waals surface area contributed by atoms with Crippen molar-refractivity contribution < 1.29 is 23.5 Å². The van der Waals surface area contributed by atoms with E-state index in [-0.39, 0.29) is 17.0 Å². The maximum Gasteiger partial charge on any atom is 0.340 e. The molecule has 0 bridgehead atoms. The molecule has 2 aromatic carbocycles. The van der Waals surface area contributed by atoms with Gasteiger partial charge in [-0.15, -0.1) is 0 Å². The average Bonchev–Trinajstić information content (AvgIpc) is 3.24. The topological polar surface area (TPSA) is 97.6 Å². The highest BCUT2D eigenvalue weighted by molar-refractivity contribution is 6.31. The molecule has 1 aromatic heterocycles. The molecule has 0 aliphatic rings. The molecule has 0 fully saturated rings. The number of nitrogens with one attached hydrogen (secondary N) is 2. The molecule has 0 radical (unpaired) electrons. The third-order valence-corrected chi connectivity index (χ3v) is 4.18. The Morgan fingerprint density at radius 3 is 2.55 bits per heavy atom. The molecule has 0 spiro atoms. The first-order chi connectivity index (χ1) is 13.9. The lowest BCUT2D eigenvalue weighted by Crippen LogP contribution is -2.22. The molecule has 0 aliphatic carbocycles. The first-order valence-corrected chi connectivity index (χ1v) is 8.99. The van der Waals surface area contributed by atoms with Gasteiger partial charge in [-0.1, -0.05) is 29.8 Å². The van der Waals surface area contributed by atoms with Gasteiger partial charge in [-0.3, -0.25) is 9.59 Å². The number of esters is 1. The number of halogens is 1. The van der Waals surface area contributed by atoms with Crippen molar-refractivity contribution in [3.8, 4) is 0 Å². The summed E-state index contributed by atoms with van der Waals surface area (Å²) in [6, 6.07) is 14.5. The fourth-order valence-corrected chi connectivity index (χ4v) is 2.66. The predicted molar refractivity (Wildman–Crippen MR) is 108 cm³/mol. The molecule has 0 aliphatic heterocycles. The third-order valence-electron chi connectivity index (χ3n) is 3.95. The minimum Gasteiger partial charge on any atom is -0.459 e. The molecule has 3 rings (SSSR count). The van der Waals surface area contributed by atoms with Gasteiger partial charge in [0.2, 0.25) is 0 Å². The van der Waals surface area contributed by atoms with E-state index >= 15 is 0 Å². The Morgan fingerprint density at radius 2 is 1.79 bits per heavy atom. The summed E-state index contributed by atoms with van der Waals surface area (Å²) in [5.74, 6) is -1.67. The monoisotopic (exact) mass is 412 g/mol. The van der Waals surface area contributed by atoms with E-state index in [1.807, 2.05) is 6.92 Å². The average molecular weight is 413 g/mol. The van der Waals surface area contributed by atoms with Crippen molar-refractivity contribution in [3.05, 3.63) is 82.8 Å². The maximum atomic E-state index is 12.4. The maximum absolute atomic E-state index is 12.4. The molecule has 7 nitrogen and oxygen atoms in total. The quantitative estimate of drug-likeness (QED) is 0.588. The zero-order valence-electron chi connectivity index (χ0n) is 15.4. The number of hydrogen-bond donors (Lipinski definition) is 2. The fraction of sp³-hybridized carbons (Fsp3) is 0.0952. The van der Waals surface area contributed by atoms with Gasteiger partial charge in [0.05, 0.1) is 17.5 Å². The Kier molecular flexibility index (Phi) is 6.31. The van der Waals surface area contributed by atoms with Gasteiger partial charge in [-0.05, 0) is 48.9 Å². The number of benzene rings is 2. The van der Waals surface area contributed by atoms with Gasteiger partial charge >= 0.3 is 5.97 Å². The van der Waals surface area contributed by atoms with Crippen molar-refractivity contribution in [1.29, 1.82) is 0 Å². The largest absolute Gasteiger partial charge is 0.459 e. The second-order valence-electron chi connectivity index (χ2n) is 6.06. The molecule has 148 valence electrons. The molecule has 2 N–H and O–H groups in total. The number of amides is 2. The summed E-state index contributed by atoms with van der Waals surface area (Å²) in [6.07, 6.45) is 1.37. The van der Waals surface area contributed by atoms with Gasteiger partial charge in [0.15, 0.2) is 12.4 Å². The highest BCUT2D eigenvalue weighted by Gasteiger charge is 2.17. The summed E-state index contributed by atoms with van der Waals surface area (Å²) in [5, 5.41) is 5.70. The molecule has 29 heavy (non-hydrogen) atoms. The minimum absolute atomic E-state index is 0.101. The lowest BCUT2D eigenvalue weighted by atomic mass is 10.1. The van der Waals surface area contributed by atoms with Crippen LogP contribution in [0.2, 0.25) is 5.02 Å².